The highest BCUT2D eigenvalue weighted by atomic mass is 16.5. The van der Waals surface area contributed by atoms with Gasteiger partial charge >= 0.3 is 5.97 Å². The number of fused-ring (bicyclic) bond motifs is 1. The Balaban J connectivity index is 2.48. The molecule has 17 heavy (non-hydrogen) atoms. The van der Waals surface area contributed by atoms with Crippen LogP contribution < -0.4 is 0 Å². The molecule has 0 aliphatic carbocycles. The molecule has 0 aromatic heterocycles. The van der Waals surface area contributed by atoms with Gasteiger partial charge in [0.25, 0.3) is 0 Å². The van der Waals surface area contributed by atoms with Crippen molar-refractivity contribution >= 4 is 5.97 Å². The van der Waals surface area contributed by atoms with Gasteiger partial charge in [0.2, 0.25) is 0 Å². The van der Waals surface area contributed by atoms with E-state index in [-0.39, 0.29) is 5.97 Å². The van der Waals surface area contributed by atoms with E-state index in [0.29, 0.717) is 6.61 Å². The molecule has 0 atom stereocenters. The summed E-state index contributed by atoms with van der Waals surface area (Å²) in [5.41, 5.74) is 6.81. The van der Waals surface area contributed by atoms with Crippen LogP contribution in [0.4, 0.5) is 0 Å². The van der Waals surface area contributed by atoms with E-state index in [4.69, 9.17) is 4.74 Å². The predicted molar refractivity (Wildman–Crippen MR) is 68.2 cm³/mol. The molecule has 0 saturated heterocycles. The van der Waals surface area contributed by atoms with Gasteiger partial charge in [-0.25, -0.2) is 4.79 Å². The van der Waals surface area contributed by atoms with Gasteiger partial charge in [-0.15, -0.1) is 0 Å². The van der Waals surface area contributed by atoms with Gasteiger partial charge in [-0.1, -0.05) is 11.6 Å². The minimum atomic E-state index is -0.179. The molecule has 1 aliphatic rings. The number of esters is 1. The van der Waals surface area contributed by atoms with Crippen LogP contribution in [0.3, 0.4) is 0 Å². The van der Waals surface area contributed by atoms with Crippen LogP contribution in [-0.2, 0) is 17.8 Å². The molecule has 0 bridgehead atoms. The standard InChI is InChI=1S/C15H18O2/c1-9(2)5-6-12-7-13-14(8-17-15(13)16)11(4)10(12)3/h5,7H,6,8H2,1-4H3. The number of benzene rings is 1. The number of hydrogen-bond acceptors (Lipinski definition) is 2. The molecule has 0 fully saturated rings. The van der Waals surface area contributed by atoms with Gasteiger partial charge in [-0.05, 0) is 56.9 Å². The van der Waals surface area contributed by atoms with Gasteiger partial charge in [0, 0.05) is 5.56 Å². The van der Waals surface area contributed by atoms with Gasteiger partial charge in [0.15, 0.2) is 0 Å². The number of rotatable bonds is 2. The lowest BCUT2D eigenvalue weighted by Gasteiger charge is -2.10. The second-order valence-corrected chi connectivity index (χ2v) is 4.87. The van der Waals surface area contributed by atoms with Crippen molar-refractivity contribution in [2.24, 2.45) is 0 Å². The summed E-state index contributed by atoms with van der Waals surface area (Å²) < 4.78 is 5.09. The summed E-state index contributed by atoms with van der Waals surface area (Å²) in [6, 6.07) is 1.99. The highest BCUT2D eigenvalue weighted by Gasteiger charge is 2.24. The Kier molecular flexibility index (Phi) is 3.05. The maximum Gasteiger partial charge on any atom is 0.338 e. The van der Waals surface area contributed by atoms with E-state index in [2.05, 4.69) is 33.8 Å². The van der Waals surface area contributed by atoms with Crippen LogP contribution in [0.1, 0.15) is 46.5 Å². The second kappa shape index (κ2) is 4.36. The van der Waals surface area contributed by atoms with Crippen LogP contribution in [0.2, 0.25) is 0 Å². The molecule has 90 valence electrons. The smallest absolute Gasteiger partial charge is 0.338 e. The van der Waals surface area contributed by atoms with Gasteiger partial charge in [-0.3, -0.25) is 0 Å². The molecule has 2 nitrogen and oxygen atoms in total. The Bertz CT molecular complexity index is 506. The van der Waals surface area contributed by atoms with Crippen LogP contribution >= 0.6 is 0 Å². The van der Waals surface area contributed by atoms with Crippen molar-refractivity contribution in [1.29, 1.82) is 0 Å². The molecule has 2 heteroatoms. The highest BCUT2D eigenvalue weighted by Crippen LogP contribution is 2.28. The third kappa shape index (κ3) is 2.12. The Morgan fingerprint density at radius 2 is 2.06 bits per heavy atom. The van der Waals surface area contributed by atoms with Crippen molar-refractivity contribution in [1.82, 2.24) is 0 Å². The van der Waals surface area contributed by atoms with E-state index in [1.165, 1.54) is 22.3 Å². The zero-order valence-corrected chi connectivity index (χ0v) is 10.9. The summed E-state index contributed by atoms with van der Waals surface area (Å²) in [6.45, 7) is 8.80. The molecule has 1 aromatic rings. The van der Waals surface area contributed by atoms with Gasteiger partial charge in [0.05, 0.1) is 5.56 Å². The first-order valence-corrected chi connectivity index (χ1v) is 5.93. The summed E-state index contributed by atoms with van der Waals surface area (Å²) in [7, 11) is 0. The maximum absolute atomic E-state index is 11.6. The summed E-state index contributed by atoms with van der Waals surface area (Å²) in [6.07, 6.45) is 3.07. The highest BCUT2D eigenvalue weighted by molar-refractivity contribution is 5.94. The van der Waals surface area contributed by atoms with E-state index >= 15 is 0 Å². The maximum atomic E-state index is 11.6. The van der Waals surface area contributed by atoms with Gasteiger partial charge in [-0.2, -0.15) is 0 Å². The molecule has 0 saturated carbocycles. The molecule has 0 N–H and O–H groups in total. The van der Waals surface area contributed by atoms with E-state index in [0.717, 1.165) is 17.5 Å². The van der Waals surface area contributed by atoms with Crippen molar-refractivity contribution in [2.75, 3.05) is 0 Å². The summed E-state index contributed by atoms with van der Waals surface area (Å²) in [5, 5.41) is 0. The van der Waals surface area contributed by atoms with Crippen molar-refractivity contribution in [3.63, 3.8) is 0 Å². The Morgan fingerprint density at radius 1 is 1.35 bits per heavy atom. The van der Waals surface area contributed by atoms with E-state index in [9.17, 15) is 4.79 Å². The average molecular weight is 230 g/mol. The largest absolute Gasteiger partial charge is 0.457 e. The van der Waals surface area contributed by atoms with E-state index < -0.39 is 0 Å². The molecule has 0 radical (unpaired) electrons. The molecule has 1 aromatic carbocycles. The SMILES string of the molecule is CC(C)=CCc1cc2c(c(C)c1C)COC2=O. The molecular formula is C15H18O2. The number of cyclic esters (lactones) is 1. The number of carbonyl (C=O) groups is 1. The molecular weight excluding hydrogens is 212 g/mol. The normalized spacial score (nSPS) is 13.3. The third-order valence-electron chi connectivity index (χ3n) is 3.44. The molecule has 2 rings (SSSR count). The van der Waals surface area contributed by atoms with Crippen LogP contribution in [-0.4, -0.2) is 5.97 Å². The van der Waals surface area contributed by atoms with Crippen molar-refractivity contribution < 1.29 is 9.53 Å². The van der Waals surface area contributed by atoms with Crippen LogP contribution in [0.25, 0.3) is 0 Å². The van der Waals surface area contributed by atoms with Crippen molar-refractivity contribution in [2.45, 2.75) is 40.7 Å². The molecule has 1 heterocycles. The first kappa shape index (κ1) is 11.9. The molecule has 0 unspecified atom stereocenters. The number of carbonyl (C=O) groups excluding carboxylic acids is 1. The minimum Gasteiger partial charge on any atom is -0.457 e. The molecule has 0 amide bonds. The van der Waals surface area contributed by atoms with Gasteiger partial charge in [0.1, 0.15) is 6.61 Å². The van der Waals surface area contributed by atoms with E-state index in [1.807, 2.05) is 6.07 Å². The number of hydrogen-bond donors (Lipinski definition) is 0. The third-order valence-corrected chi connectivity index (χ3v) is 3.44. The zero-order chi connectivity index (χ0) is 12.6. The molecule has 1 aliphatic heterocycles. The van der Waals surface area contributed by atoms with Crippen LogP contribution in [0.5, 0.6) is 0 Å². The fourth-order valence-corrected chi connectivity index (χ4v) is 2.15. The topological polar surface area (TPSA) is 26.3 Å². The number of allylic oxidation sites excluding steroid dienone is 2. The van der Waals surface area contributed by atoms with Crippen LogP contribution in [0.15, 0.2) is 17.7 Å². The minimum absolute atomic E-state index is 0.179. The summed E-state index contributed by atoms with van der Waals surface area (Å²) in [4.78, 5) is 11.6. The fraction of sp³-hybridized carbons (Fsp3) is 0.400. The first-order chi connectivity index (χ1) is 8.00. The molecule has 0 spiro atoms. The van der Waals surface area contributed by atoms with Crippen molar-refractivity contribution in [3.05, 3.63) is 45.5 Å². The Morgan fingerprint density at radius 3 is 2.71 bits per heavy atom. The first-order valence-electron chi connectivity index (χ1n) is 5.93. The average Bonchev–Trinajstić information content (AvgIpc) is 2.63. The number of ether oxygens (including phenoxy) is 1. The van der Waals surface area contributed by atoms with Crippen LogP contribution in [0, 0.1) is 13.8 Å². The monoisotopic (exact) mass is 230 g/mol. The Hall–Kier alpha value is -1.57. The lowest BCUT2D eigenvalue weighted by atomic mass is 9.92. The fourth-order valence-electron chi connectivity index (χ4n) is 2.15. The quantitative estimate of drug-likeness (QED) is 0.574. The van der Waals surface area contributed by atoms with E-state index in [1.54, 1.807) is 0 Å². The second-order valence-electron chi connectivity index (χ2n) is 4.87. The summed E-state index contributed by atoms with van der Waals surface area (Å²) in [5.74, 6) is -0.179. The lowest BCUT2D eigenvalue weighted by Crippen LogP contribution is -2.00. The summed E-state index contributed by atoms with van der Waals surface area (Å²) >= 11 is 0. The van der Waals surface area contributed by atoms with Gasteiger partial charge < -0.3 is 4.74 Å². The lowest BCUT2D eigenvalue weighted by molar-refractivity contribution is 0.0535. The zero-order valence-electron chi connectivity index (χ0n) is 10.9. The predicted octanol–water partition coefficient (Wildman–Crippen LogP) is 3.48. The Labute approximate surface area is 102 Å². The van der Waals surface area contributed by atoms with Crippen molar-refractivity contribution in [3.8, 4) is 0 Å².